The lowest BCUT2D eigenvalue weighted by Gasteiger charge is -2.28. The first-order chi connectivity index (χ1) is 13.5. The number of anilines is 2. The number of hydrogen-bond donors (Lipinski definition) is 2. The summed E-state index contributed by atoms with van der Waals surface area (Å²) >= 11 is 3.46. The highest BCUT2D eigenvalue weighted by molar-refractivity contribution is 9.10. The van der Waals surface area contributed by atoms with Gasteiger partial charge in [-0.15, -0.1) is 0 Å². The van der Waals surface area contributed by atoms with E-state index >= 15 is 0 Å². The minimum Gasteiger partial charge on any atom is -0.326 e. The van der Waals surface area contributed by atoms with E-state index in [0.717, 1.165) is 32.5 Å². The topological polar surface area (TPSA) is 84.7 Å². The zero-order valence-corrected chi connectivity index (χ0v) is 17.3. The zero-order valence-electron chi connectivity index (χ0n) is 15.7. The maximum Gasteiger partial charge on any atom is 0.255 e. The van der Waals surface area contributed by atoms with E-state index in [9.17, 15) is 4.79 Å². The molecular formula is C20H19BrN6O. The summed E-state index contributed by atoms with van der Waals surface area (Å²) in [6.07, 6.45) is 0. The molecule has 1 aliphatic heterocycles. The molecule has 1 atom stereocenters. The van der Waals surface area contributed by atoms with Gasteiger partial charge in [-0.3, -0.25) is 4.79 Å². The van der Waals surface area contributed by atoms with Crippen molar-refractivity contribution < 1.29 is 4.79 Å². The molecule has 8 heteroatoms. The van der Waals surface area contributed by atoms with Gasteiger partial charge in [-0.05, 0) is 66.1 Å². The van der Waals surface area contributed by atoms with Gasteiger partial charge in [-0.1, -0.05) is 45.3 Å². The molecule has 2 N–H and O–H groups in total. The van der Waals surface area contributed by atoms with Crippen molar-refractivity contribution in [1.82, 2.24) is 20.2 Å². The maximum absolute atomic E-state index is 13.3. The van der Waals surface area contributed by atoms with Crippen LogP contribution in [0.25, 0.3) is 0 Å². The fourth-order valence-electron chi connectivity index (χ4n) is 3.34. The first-order valence-electron chi connectivity index (χ1n) is 8.84. The Morgan fingerprint density at radius 3 is 2.64 bits per heavy atom. The van der Waals surface area contributed by atoms with E-state index in [4.69, 9.17) is 0 Å². The SMILES string of the molecule is CC1=C(C(=O)Nc2cccc(C)c2C)C(c2ccc(Br)cc2)n2nnnc2N1. The molecule has 3 aromatic rings. The number of hydrogen-bond acceptors (Lipinski definition) is 5. The summed E-state index contributed by atoms with van der Waals surface area (Å²) in [7, 11) is 0. The lowest BCUT2D eigenvalue weighted by molar-refractivity contribution is -0.113. The van der Waals surface area contributed by atoms with Crippen LogP contribution in [-0.4, -0.2) is 26.1 Å². The zero-order chi connectivity index (χ0) is 19.8. The maximum atomic E-state index is 13.3. The van der Waals surface area contributed by atoms with Crippen LogP contribution in [0, 0.1) is 13.8 Å². The number of carbonyl (C=O) groups is 1. The quantitative estimate of drug-likeness (QED) is 0.645. The molecule has 0 bridgehead atoms. The highest BCUT2D eigenvalue weighted by Crippen LogP contribution is 2.35. The fraction of sp³-hybridized carbons (Fsp3) is 0.200. The van der Waals surface area contributed by atoms with Crippen LogP contribution in [0.2, 0.25) is 0 Å². The highest BCUT2D eigenvalue weighted by Gasteiger charge is 2.34. The standard InChI is InChI=1S/C20H19BrN6O/c1-11-5-4-6-16(12(11)2)23-19(28)17-13(3)22-20-24-25-26-27(20)18(17)14-7-9-15(21)10-8-14/h4-10,18H,1-3H3,(H,23,28)(H,22,24,26). The molecule has 142 valence electrons. The smallest absolute Gasteiger partial charge is 0.255 e. The predicted molar refractivity (Wildman–Crippen MR) is 111 cm³/mol. The van der Waals surface area contributed by atoms with Crippen molar-refractivity contribution in [2.75, 3.05) is 10.6 Å². The molecule has 1 amide bonds. The third-order valence-corrected chi connectivity index (χ3v) is 5.53. The van der Waals surface area contributed by atoms with Crippen LogP contribution in [0.5, 0.6) is 0 Å². The average Bonchev–Trinajstić information content (AvgIpc) is 3.13. The Hall–Kier alpha value is -3.00. The van der Waals surface area contributed by atoms with Gasteiger partial charge in [-0.25, -0.2) is 0 Å². The van der Waals surface area contributed by atoms with E-state index < -0.39 is 6.04 Å². The second-order valence-electron chi connectivity index (χ2n) is 6.77. The summed E-state index contributed by atoms with van der Waals surface area (Å²) in [4.78, 5) is 13.3. The largest absolute Gasteiger partial charge is 0.326 e. The number of allylic oxidation sites excluding steroid dienone is 1. The lowest BCUT2D eigenvalue weighted by Crippen LogP contribution is -2.31. The first-order valence-corrected chi connectivity index (χ1v) is 9.63. The summed E-state index contributed by atoms with van der Waals surface area (Å²) in [5, 5.41) is 18.1. The van der Waals surface area contributed by atoms with Crippen LogP contribution in [0.15, 0.2) is 58.2 Å². The number of nitrogens with zero attached hydrogens (tertiary/aromatic N) is 4. The summed E-state index contributed by atoms with van der Waals surface area (Å²) in [5.74, 6) is 0.321. The third-order valence-electron chi connectivity index (χ3n) is 5.00. The molecular weight excluding hydrogens is 420 g/mol. The summed E-state index contributed by atoms with van der Waals surface area (Å²) in [6, 6.07) is 13.2. The van der Waals surface area contributed by atoms with Crippen LogP contribution < -0.4 is 10.6 Å². The van der Waals surface area contributed by atoms with E-state index in [-0.39, 0.29) is 5.91 Å². The number of amides is 1. The number of aryl methyl sites for hydroxylation is 1. The van der Waals surface area contributed by atoms with Crippen molar-refractivity contribution in [1.29, 1.82) is 0 Å². The molecule has 0 aliphatic carbocycles. The Morgan fingerprint density at radius 2 is 1.89 bits per heavy atom. The number of nitrogens with one attached hydrogen (secondary N) is 2. The number of carbonyl (C=O) groups excluding carboxylic acids is 1. The van der Waals surface area contributed by atoms with Crippen molar-refractivity contribution in [2.45, 2.75) is 26.8 Å². The van der Waals surface area contributed by atoms with Crippen LogP contribution in [0.3, 0.4) is 0 Å². The van der Waals surface area contributed by atoms with Crippen molar-refractivity contribution in [3.63, 3.8) is 0 Å². The Labute approximate surface area is 171 Å². The second-order valence-corrected chi connectivity index (χ2v) is 7.68. The second kappa shape index (κ2) is 7.20. The van der Waals surface area contributed by atoms with Gasteiger partial charge < -0.3 is 10.6 Å². The Kier molecular flexibility index (Phi) is 4.72. The predicted octanol–water partition coefficient (Wildman–Crippen LogP) is 3.98. The van der Waals surface area contributed by atoms with E-state index in [1.807, 2.05) is 63.2 Å². The van der Waals surface area contributed by atoms with Crippen molar-refractivity contribution in [2.24, 2.45) is 0 Å². The van der Waals surface area contributed by atoms with Crippen molar-refractivity contribution >= 4 is 33.5 Å². The number of aromatic nitrogens is 4. The number of tetrazole rings is 1. The molecule has 0 radical (unpaired) electrons. The molecule has 7 nitrogen and oxygen atoms in total. The van der Waals surface area contributed by atoms with Crippen molar-refractivity contribution in [3.05, 3.63) is 74.9 Å². The summed E-state index contributed by atoms with van der Waals surface area (Å²) in [6.45, 7) is 5.88. The molecule has 0 saturated heterocycles. The van der Waals surface area contributed by atoms with Gasteiger partial charge in [0.1, 0.15) is 6.04 Å². The van der Waals surface area contributed by atoms with Gasteiger partial charge in [0.2, 0.25) is 5.95 Å². The lowest BCUT2D eigenvalue weighted by atomic mass is 9.95. The van der Waals surface area contributed by atoms with Gasteiger partial charge in [0.05, 0.1) is 5.57 Å². The normalized spacial score (nSPS) is 15.8. The van der Waals surface area contributed by atoms with Gasteiger partial charge in [0.15, 0.2) is 0 Å². The van der Waals surface area contributed by atoms with Gasteiger partial charge in [0.25, 0.3) is 5.91 Å². The number of benzene rings is 2. The molecule has 1 aromatic heterocycles. The molecule has 0 saturated carbocycles. The number of halogens is 1. The summed E-state index contributed by atoms with van der Waals surface area (Å²) < 4.78 is 2.60. The van der Waals surface area contributed by atoms with Gasteiger partial charge in [0, 0.05) is 15.9 Å². The minimum atomic E-state index is -0.426. The molecule has 0 spiro atoms. The third kappa shape index (κ3) is 3.20. The fourth-order valence-corrected chi connectivity index (χ4v) is 3.60. The number of fused-ring (bicyclic) bond motifs is 1. The molecule has 4 rings (SSSR count). The average molecular weight is 439 g/mol. The molecule has 0 fully saturated rings. The summed E-state index contributed by atoms with van der Waals surface area (Å²) in [5.41, 5.74) is 5.17. The Morgan fingerprint density at radius 1 is 1.14 bits per heavy atom. The van der Waals surface area contributed by atoms with Crippen LogP contribution >= 0.6 is 15.9 Å². The van der Waals surface area contributed by atoms with Crippen LogP contribution in [-0.2, 0) is 4.79 Å². The van der Waals surface area contributed by atoms with Crippen LogP contribution in [0.4, 0.5) is 11.6 Å². The van der Waals surface area contributed by atoms with Crippen molar-refractivity contribution in [3.8, 4) is 0 Å². The first kappa shape index (κ1) is 18.4. The van der Waals surface area contributed by atoms with Crippen LogP contribution in [0.1, 0.15) is 29.7 Å². The van der Waals surface area contributed by atoms with Gasteiger partial charge >= 0.3 is 0 Å². The Balaban J connectivity index is 1.77. The Bertz CT molecular complexity index is 1090. The number of rotatable bonds is 3. The van der Waals surface area contributed by atoms with E-state index in [2.05, 4.69) is 42.1 Å². The molecule has 1 aliphatic rings. The molecule has 2 aromatic carbocycles. The molecule has 28 heavy (non-hydrogen) atoms. The van der Waals surface area contributed by atoms with E-state index in [1.54, 1.807) is 4.68 Å². The minimum absolute atomic E-state index is 0.187. The van der Waals surface area contributed by atoms with E-state index in [1.165, 1.54) is 0 Å². The highest BCUT2D eigenvalue weighted by atomic mass is 79.9. The van der Waals surface area contributed by atoms with E-state index in [0.29, 0.717) is 11.5 Å². The monoisotopic (exact) mass is 438 g/mol. The molecule has 1 unspecified atom stereocenters. The molecule has 2 heterocycles. The van der Waals surface area contributed by atoms with Gasteiger partial charge in [-0.2, -0.15) is 4.68 Å².